The number of nitrogens with two attached hydrogens (primary N) is 1. The van der Waals surface area contributed by atoms with Crippen LogP contribution < -0.4 is 5.73 Å². The predicted molar refractivity (Wildman–Crippen MR) is 67.5 cm³/mol. The van der Waals surface area contributed by atoms with E-state index in [1.54, 1.807) is 0 Å². The van der Waals surface area contributed by atoms with Gasteiger partial charge in [-0.25, -0.2) is 0 Å². The Kier molecular flexibility index (Phi) is 3.08. The van der Waals surface area contributed by atoms with Crippen LogP contribution in [-0.2, 0) is 12.8 Å². The number of aromatic nitrogens is 4. The van der Waals surface area contributed by atoms with Crippen molar-refractivity contribution >= 4 is 5.82 Å². The van der Waals surface area contributed by atoms with Gasteiger partial charge in [-0.1, -0.05) is 13.8 Å². The highest BCUT2D eigenvalue weighted by Crippen LogP contribution is 2.28. The highest BCUT2D eigenvalue weighted by molar-refractivity contribution is 5.70. The second-order valence-corrected chi connectivity index (χ2v) is 4.02. The second kappa shape index (κ2) is 4.53. The van der Waals surface area contributed by atoms with Crippen LogP contribution in [0.5, 0.6) is 0 Å². The molecule has 0 aliphatic carbocycles. The number of nitrogen functional groups attached to an aromatic ring is 1. The third-order valence-corrected chi connectivity index (χ3v) is 2.85. The van der Waals surface area contributed by atoms with E-state index in [1.165, 1.54) is 0 Å². The van der Waals surface area contributed by atoms with Gasteiger partial charge in [-0.2, -0.15) is 15.3 Å². The van der Waals surface area contributed by atoms with Crippen LogP contribution in [0, 0.1) is 6.92 Å². The first-order valence-corrected chi connectivity index (χ1v) is 5.83. The van der Waals surface area contributed by atoms with E-state index in [9.17, 15) is 0 Å². The summed E-state index contributed by atoms with van der Waals surface area (Å²) in [6, 6.07) is 2.03. The normalized spacial score (nSPS) is 10.8. The van der Waals surface area contributed by atoms with Crippen molar-refractivity contribution in [3.05, 3.63) is 23.0 Å². The molecule has 0 atom stereocenters. The lowest BCUT2D eigenvalue weighted by atomic mass is 10.0. The van der Waals surface area contributed by atoms with E-state index >= 15 is 0 Å². The van der Waals surface area contributed by atoms with Crippen LogP contribution in [0.15, 0.2) is 6.07 Å². The lowest BCUT2D eigenvalue weighted by Crippen LogP contribution is -1.99. The van der Waals surface area contributed by atoms with E-state index in [0.29, 0.717) is 5.82 Å². The van der Waals surface area contributed by atoms with Crippen LogP contribution in [0.1, 0.15) is 30.8 Å². The van der Waals surface area contributed by atoms with E-state index in [0.717, 1.165) is 41.1 Å². The average Bonchev–Trinajstić information content (AvgIpc) is 2.70. The summed E-state index contributed by atoms with van der Waals surface area (Å²) in [6.07, 6.45) is 1.69. The summed E-state index contributed by atoms with van der Waals surface area (Å²) in [7, 11) is 0. The molecule has 3 N–H and O–H groups in total. The van der Waals surface area contributed by atoms with Crippen LogP contribution in [0.2, 0.25) is 0 Å². The third-order valence-electron chi connectivity index (χ3n) is 2.85. The first-order chi connectivity index (χ1) is 8.17. The van der Waals surface area contributed by atoms with Gasteiger partial charge < -0.3 is 5.73 Å². The molecule has 0 radical (unpaired) electrons. The molecule has 0 aromatic carbocycles. The van der Waals surface area contributed by atoms with Crippen molar-refractivity contribution in [3.63, 3.8) is 0 Å². The van der Waals surface area contributed by atoms with Crippen molar-refractivity contribution in [3.8, 4) is 11.3 Å². The summed E-state index contributed by atoms with van der Waals surface area (Å²) in [5, 5.41) is 15.4. The highest BCUT2D eigenvalue weighted by Gasteiger charge is 2.15. The Labute approximate surface area is 100 Å². The first kappa shape index (κ1) is 11.6. The molecule has 2 heterocycles. The van der Waals surface area contributed by atoms with Crippen molar-refractivity contribution < 1.29 is 0 Å². The fourth-order valence-electron chi connectivity index (χ4n) is 1.95. The molecule has 0 amide bonds. The number of nitrogens with zero attached hydrogens (tertiary/aromatic N) is 3. The fraction of sp³-hybridized carbons (Fsp3) is 0.417. The number of anilines is 1. The molecule has 17 heavy (non-hydrogen) atoms. The largest absolute Gasteiger partial charge is 0.382 e. The van der Waals surface area contributed by atoms with E-state index in [2.05, 4.69) is 34.2 Å². The van der Waals surface area contributed by atoms with Crippen LogP contribution in [-0.4, -0.2) is 20.4 Å². The second-order valence-electron chi connectivity index (χ2n) is 4.02. The van der Waals surface area contributed by atoms with Crippen LogP contribution in [0.25, 0.3) is 11.3 Å². The molecule has 2 aromatic rings. The Hall–Kier alpha value is -1.91. The minimum atomic E-state index is 0.569. The van der Waals surface area contributed by atoms with Crippen LogP contribution >= 0.6 is 0 Å². The number of hydrogen-bond donors (Lipinski definition) is 2. The van der Waals surface area contributed by atoms with Crippen molar-refractivity contribution in [2.24, 2.45) is 0 Å². The Bertz CT molecular complexity index is 530. The molecule has 90 valence electrons. The van der Waals surface area contributed by atoms with Gasteiger partial charge in [0.05, 0.1) is 17.1 Å². The molecule has 0 fully saturated rings. The maximum absolute atomic E-state index is 5.84. The predicted octanol–water partition coefficient (Wildman–Crippen LogP) is 1.88. The summed E-state index contributed by atoms with van der Waals surface area (Å²) in [5.41, 5.74) is 10.8. The molecule has 5 nitrogen and oxygen atoms in total. The summed E-state index contributed by atoms with van der Waals surface area (Å²) in [6.45, 7) is 6.06. The van der Waals surface area contributed by atoms with E-state index in [-0.39, 0.29) is 0 Å². The number of rotatable bonds is 3. The van der Waals surface area contributed by atoms with Gasteiger partial charge in [0.2, 0.25) is 0 Å². The fourth-order valence-corrected chi connectivity index (χ4v) is 1.95. The molecule has 0 unspecified atom stereocenters. The summed E-state index contributed by atoms with van der Waals surface area (Å²) < 4.78 is 0. The first-order valence-electron chi connectivity index (χ1n) is 5.83. The Morgan fingerprint density at radius 2 is 2.00 bits per heavy atom. The summed E-state index contributed by atoms with van der Waals surface area (Å²) in [5.74, 6) is 0.569. The Morgan fingerprint density at radius 3 is 2.65 bits per heavy atom. The van der Waals surface area contributed by atoms with E-state index in [1.807, 2.05) is 13.0 Å². The van der Waals surface area contributed by atoms with Crippen molar-refractivity contribution in [2.75, 3.05) is 5.73 Å². The maximum atomic E-state index is 5.84. The zero-order chi connectivity index (χ0) is 12.4. The Balaban J connectivity index is 2.62. The van der Waals surface area contributed by atoms with Gasteiger partial charge >= 0.3 is 0 Å². The van der Waals surface area contributed by atoms with E-state index in [4.69, 9.17) is 5.73 Å². The van der Waals surface area contributed by atoms with Crippen molar-refractivity contribution in [1.82, 2.24) is 20.4 Å². The number of nitrogens with one attached hydrogen (secondary N) is 1. The lowest BCUT2D eigenvalue weighted by molar-refractivity contribution is 0.892. The SMILES string of the molecule is CCc1nnc(C)cc1-c1[nH]nc(N)c1CC. The van der Waals surface area contributed by atoms with E-state index < -0.39 is 0 Å². The molecule has 2 rings (SSSR count). The molecule has 0 spiro atoms. The molecular formula is C12H17N5. The van der Waals surface area contributed by atoms with Crippen molar-refractivity contribution in [2.45, 2.75) is 33.6 Å². The van der Waals surface area contributed by atoms with Crippen LogP contribution in [0.3, 0.4) is 0 Å². The number of aromatic amines is 1. The molecule has 0 saturated heterocycles. The van der Waals surface area contributed by atoms with Gasteiger partial charge in [0, 0.05) is 11.1 Å². The minimum Gasteiger partial charge on any atom is -0.382 e. The number of aryl methyl sites for hydroxylation is 2. The smallest absolute Gasteiger partial charge is 0.149 e. The quantitative estimate of drug-likeness (QED) is 0.845. The van der Waals surface area contributed by atoms with Gasteiger partial charge in [0.1, 0.15) is 5.82 Å². The molecule has 0 bridgehead atoms. The lowest BCUT2D eigenvalue weighted by Gasteiger charge is -2.07. The molecule has 5 heteroatoms. The number of hydrogen-bond acceptors (Lipinski definition) is 4. The van der Waals surface area contributed by atoms with Gasteiger partial charge in [-0.15, -0.1) is 0 Å². The topological polar surface area (TPSA) is 80.5 Å². The van der Waals surface area contributed by atoms with Gasteiger partial charge in [0.15, 0.2) is 0 Å². The average molecular weight is 231 g/mol. The zero-order valence-electron chi connectivity index (χ0n) is 10.4. The summed E-state index contributed by atoms with van der Waals surface area (Å²) >= 11 is 0. The summed E-state index contributed by atoms with van der Waals surface area (Å²) in [4.78, 5) is 0. The van der Waals surface area contributed by atoms with Gasteiger partial charge in [-0.3, -0.25) is 5.10 Å². The molecule has 2 aromatic heterocycles. The molecule has 0 aliphatic rings. The van der Waals surface area contributed by atoms with Crippen molar-refractivity contribution in [1.29, 1.82) is 0 Å². The number of H-pyrrole nitrogens is 1. The van der Waals surface area contributed by atoms with Crippen LogP contribution in [0.4, 0.5) is 5.82 Å². The monoisotopic (exact) mass is 231 g/mol. The highest BCUT2D eigenvalue weighted by atomic mass is 15.2. The van der Waals surface area contributed by atoms with Gasteiger partial charge in [-0.05, 0) is 25.8 Å². The van der Waals surface area contributed by atoms with Gasteiger partial charge in [0.25, 0.3) is 0 Å². The standard InChI is InChI=1S/C12H17N5/c1-4-8-11(16-17-12(8)13)9-6-7(3)14-15-10(9)5-2/h6H,4-5H2,1-3H3,(H3,13,16,17). The Morgan fingerprint density at radius 1 is 1.24 bits per heavy atom. The molecule has 0 aliphatic heterocycles. The minimum absolute atomic E-state index is 0.569. The maximum Gasteiger partial charge on any atom is 0.149 e. The zero-order valence-corrected chi connectivity index (χ0v) is 10.4. The third kappa shape index (κ3) is 2.00. The molecular weight excluding hydrogens is 214 g/mol. The molecule has 0 saturated carbocycles.